The molecule has 0 unspecified atom stereocenters. The fraction of sp³-hybridized carbons (Fsp3) is 0.556. The van der Waals surface area contributed by atoms with Gasteiger partial charge >= 0.3 is 6.02 Å². The van der Waals surface area contributed by atoms with Gasteiger partial charge in [-0.25, -0.2) is 4.99 Å². The molecule has 1 saturated heterocycles. The molecule has 1 aromatic rings. The van der Waals surface area contributed by atoms with Crippen LogP contribution in [0.1, 0.15) is 71.4 Å². The molecule has 0 aromatic heterocycles. The molecule has 2 heterocycles. The molecule has 1 aromatic carbocycles. The average molecular weight is 496 g/mol. The lowest BCUT2D eigenvalue weighted by atomic mass is 9.79. The van der Waals surface area contributed by atoms with Crippen molar-refractivity contribution >= 4 is 23.4 Å². The van der Waals surface area contributed by atoms with Crippen LogP contribution in [0.25, 0.3) is 0 Å². The number of aromatic hydroxyl groups is 1. The number of piperidine rings is 1. The molecule has 196 valence electrons. The number of allylic oxidation sites excluding steroid dienone is 1. The zero-order valence-electron chi connectivity index (χ0n) is 22.9. The van der Waals surface area contributed by atoms with E-state index in [0.717, 1.165) is 31.5 Å². The van der Waals surface area contributed by atoms with Gasteiger partial charge in [-0.05, 0) is 65.2 Å². The normalized spacial score (nSPS) is 20.7. The van der Waals surface area contributed by atoms with Gasteiger partial charge in [0.25, 0.3) is 0 Å². The van der Waals surface area contributed by atoms with Gasteiger partial charge in [-0.15, -0.1) is 10.2 Å². The molecule has 2 aliphatic rings. The Hall–Kier alpha value is -3.20. The van der Waals surface area contributed by atoms with Gasteiger partial charge in [-0.3, -0.25) is 0 Å². The smallest absolute Gasteiger partial charge is 0.313 e. The molecule has 1 fully saturated rings. The third kappa shape index (κ3) is 6.51. The standard InChI is InChI=1S/C27H41N7O2/c1-9-17-12-21(20-11-10-18(14-22(20)35)24(28)30-25(29-6)36-8)31-32-23(13-17)34(7)19-15-26(2,3)33-27(4,5)16-19/h10-12,14,19,33,35H,9,13,15-16H2,1-8H3,(H2,28,29,30). The molecular weight excluding hydrogens is 454 g/mol. The fourth-order valence-corrected chi connectivity index (χ4v) is 5.19. The first-order valence-electron chi connectivity index (χ1n) is 12.4. The second-order valence-electron chi connectivity index (χ2n) is 10.8. The Morgan fingerprint density at radius 2 is 1.89 bits per heavy atom. The van der Waals surface area contributed by atoms with Crippen LogP contribution in [0, 0.1) is 0 Å². The van der Waals surface area contributed by atoms with Gasteiger partial charge < -0.3 is 25.8 Å². The van der Waals surface area contributed by atoms with E-state index >= 15 is 0 Å². The first-order chi connectivity index (χ1) is 16.9. The van der Waals surface area contributed by atoms with Crippen LogP contribution in [0.5, 0.6) is 5.75 Å². The number of nitrogens with one attached hydrogen (secondary N) is 1. The summed E-state index contributed by atoms with van der Waals surface area (Å²) in [6.45, 7) is 11.2. The minimum absolute atomic E-state index is 0.0372. The lowest BCUT2D eigenvalue weighted by Gasteiger charge is -2.49. The number of phenolic OH excluding ortho intramolecular Hbond substituents is 1. The predicted molar refractivity (Wildman–Crippen MR) is 148 cm³/mol. The maximum atomic E-state index is 10.8. The van der Waals surface area contributed by atoms with Gasteiger partial charge in [0.2, 0.25) is 0 Å². The highest BCUT2D eigenvalue weighted by molar-refractivity contribution is 6.13. The summed E-state index contributed by atoms with van der Waals surface area (Å²) in [7, 11) is 5.16. The summed E-state index contributed by atoms with van der Waals surface area (Å²) in [4.78, 5) is 10.3. The van der Waals surface area contributed by atoms with Gasteiger partial charge in [0.15, 0.2) is 0 Å². The number of nitrogens with two attached hydrogens (primary N) is 1. The predicted octanol–water partition coefficient (Wildman–Crippen LogP) is 3.81. The van der Waals surface area contributed by atoms with Gasteiger partial charge in [0.05, 0.1) is 12.8 Å². The van der Waals surface area contributed by atoms with Crippen LogP contribution < -0.4 is 11.1 Å². The first-order valence-corrected chi connectivity index (χ1v) is 12.4. The van der Waals surface area contributed by atoms with E-state index in [-0.39, 0.29) is 28.7 Å². The van der Waals surface area contributed by atoms with Crippen LogP contribution in [-0.2, 0) is 4.74 Å². The molecular formula is C27H41N7O2. The largest absolute Gasteiger partial charge is 0.507 e. The average Bonchev–Trinajstić information content (AvgIpc) is 3.02. The molecule has 2 aliphatic heterocycles. The Kier molecular flexibility index (Phi) is 8.23. The zero-order chi connectivity index (χ0) is 26.7. The minimum atomic E-state index is 0.0372. The number of ether oxygens (including phenoxy) is 1. The molecule has 9 heteroatoms. The van der Waals surface area contributed by atoms with Crippen LogP contribution in [-0.4, -0.2) is 71.7 Å². The fourth-order valence-electron chi connectivity index (χ4n) is 5.19. The number of hydrogen-bond donors (Lipinski definition) is 3. The van der Waals surface area contributed by atoms with Gasteiger partial charge in [-0.1, -0.05) is 18.6 Å². The number of hydrogen-bond acceptors (Lipinski definition) is 7. The van der Waals surface area contributed by atoms with Crippen molar-refractivity contribution in [3.63, 3.8) is 0 Å². The van der Waals surface area contributed by atoms with E-state index in [0.29, 0.717) is 22.9 Å². The number of methoxy groups -OCH3 is 1. The number of rotatable bonds is 4. The number of nitrogens with zero attached hydrogens (tertiary/aromatic N) is 5. The molecule has 0 saturated carbocycles. The molecule has 9 nitrogen and oxygen atoms in total. The monoisotopic (exact) mass is 495 g/mol. The summed E-state index contributed by atoms with van der Waals surface area (Å²) in [5.41, 5.74) is 9.12. The Bertz CT molecular complexity index is 1110. The highest BCUT2D eigenvalue weighted by Crippen LogP contribution is 2.32. The second-order valence-corrected chi connectivity index (χ2v) is 10.8. The SMILES string of the molecule is CCC1=CC(c2ccc(C(N)=NC(=NC)OC)cc2O)=NN=C(N(C)C2CC(C)(C)NC(C)(C)C2)C1. The number of phenols is 1. The lowest BCUT2D eigenvalue weighted by Crippen LogP contribution is -2.62. The highest BCUT2D eigenvalue weighted by Gasteiger charge is 2.40. The quantitative estimate of drug-likeness (QED) is 0.433. The molecule has 4 N–H and O–H groups in total. The van der Waals surface area contributed by atoms with Gasteiger partial charge in [-0.2, -0.15) is 4.99 Å². The van der Waals surface area contributed by atoms with E-state index in [4.69, 9.17) is 10.5 Å². The van der Waals surface area contributed by atoms with Crippen LogP contribution >= 0.6 is 0 Å². The zero-order valence-corrected chi connectivity index (χ0v) is 22.9. The molecule has 36 heavy (non-hydrogen) atoms. The number of benzene rings is 1. The van der Waals surface area contributed by atoms with Crippen molar-refractivity contribution in [3.05, 3.63) is 41.0 Å². The van der Waals surface area contributed by atoms with E-state index < -0.39 is 0 Å². The summed E-state index contributed by atoms with van der Waals surface area (Å²) < 4.78 is 5.05. The van der Waals surface area contributed by atoms with Crippen molar-refractivity contribution in [2.75, 3.05) is 21.2 Å². The van der Waals surface area contributed by atoms with Crippen molar-refractivity contribution in [1.29, 1.82) is 0 Å². The topological polar surface area (TPSA) is 120 Å². The molecule has 0 atom stereocenters. The van der Waals surface area contributed by atoms with E-state index in [1.54, 1.807) is 25.2 Å². The Balaban J connectivity index is 1.92. The minimum Gasteiger partial charge on any atom is -0.507 e. The maximum absolute atomic E-state index is 10.8. The van der Waals surface area contributed by atoms with Crippen LogP contribution in [0.15, 0.2) is 50.0 Å². The third-order valence-corrected chi connectivity index (χ3v) is 6.74. The number of amidine groups is 3. The Morgan fingerprint density at radius 1 is 1.22 bits per heavy atom. The van der Waals surface area contributed by atoms with Crippen molar-refractivity contribution in [2.45, 2.75) is 77.4 Å². The summed E-state index contributed by atoms with van der Waals surface area (Å²) in [5.74, 6) is 1.19. The van der Waals surface area contributed by atoms with Crippen LogP contribution in [0.2, 0.25) is 0 Å². The van der Waals surface area contributed by atoms with Crippen molar-refractivity contribution in [1.82, 2.24) is 10.2 Å². The maximum Gasteiger partial charge on any atom is 0.313 e. The Morgan fingerprint density at radius 3 is 2.44 bits per heavy atom. The summed E-state index contributed by atoms with van der Waals surface area (Å²) >= 11 is 0. The molecule has 3 rings (SSSR count). The van der Waals surface area contributed by atoms with E-state index in [1.165, 1.54) is 12.7 Å². The van der Waals surface area contributed by atoms with Gasteiger partial charge in [0.1, 0.15) is 17.4 Å². The summed E-state index contributed by atoms with van der Waals surface area (Å²) in [6, 6.07) is 5.65. The molecule has 0 radical (unpaired) electrons. The summed E-state index contributed by atoms with van der Waals surface area (Å²) in [6.07, 6.45) is 5.65. The highest BCUT2D eigenvalue weighted by atomic mass is 16.5. The molecule has 0 spiro atoms. The summed E-state index contributed by atoms with van der Waals surface area (Å²) in [5, 5.41) is 23.8. The van der Waals surface area contributed by atoms with Crippen molar-refractivity contribution in [2.24, 2.45) is 25.9 Å². The van der Waals surface area contributed by atoms with Crippen LogP contribution in [0.3, 0.4) is 0 Å². The third-order valence-electron chi connectivity index (χ3n) is 6.74. The second kappa shape index (κ2) is 10.8. The van der Waals surface area contributed by atoms with E-state index in [2.05, 4.69) is 72.1 Å². The van der Waals surface area contributed by atoms with E-state index in [1.807, 2.05) is 6.08 Å². The van der Waals surface area contributed by atoms with Crippen molar-refractivity contribution < 1.29 is 9.84 Å². The number of aliphatic imine (C=N–C) groups is 2. The first kappa shape index (κ1) is 27.4. The Labute approximate surface area is 215 Å². The molecule has 0 amide bonds. The molecule has 0 bridgehead atoms. The lowest BCUT2D eigenvalue weighted by molar-refractivity contribution is 0.113. The van der Waals surface area contributed by atoms with E-state index in [9.17, 15) is 5.11 Å². The van der Waals surface area contributed by atoms with Crippen molar-refractivity contribution in [3.8, 4) is 5.75 Å². The van der Waals surface area contributed by atoms with Gasteiger partial charge in [0, 0.05) is 48.8 Å². The molecule has 0 aliphatic carbocycles. The van der Waals surface area contributed by atoms with Crippen LogP contribution in [0.4, 0.5) is 0 Å².